The fraction of sp³-hybridized carbons (Fsp3) is 1.00. The third kappa shape index (κ3) is 6.59. The lowest BCUT2D eigenvalue weighted by atomic mass is 10.1. The van der Waals surface area contributed by atoms with E-state index in [-0.39, 0.29) is 12.1 Å². The van der Waals surface area contributed by atoms with Gasteiger partial charge in [0.15, 0.2) is 0 Å². The zero-order valence-electron chi connectivity index (χ0n) is 11.6. The summed E-state index contributed by atoms with van der Waals surface area (Å²) in [7, 11) is 0. The molecule has 0 radical (unpaired) electrons. The monoisotopic (exact) mass is 266 g/mol. The molecule has 1 N–H and O–H groups in total. The van der Waals surface area contributed by atoms with Gasteiger partial charge in [-0.1, -0.05) is 13.8 Å². The van der Waals surface area contributed by atoms with Gasteiger partial charge in [-0.25, -0.2) is 0 Å². The van der Waals surface area contributed by atoms with Crippen LogP contribution in [0.2, 0.25) is 0 Å². The molecule has 1 unspecified atom stereocenters. The predicted molar refractivity (Wildman–Crippen MR) is 67.6 cm³/mol. The molecule has 0 aromatic carbocycles. The van der Waals surface area contributed by atoms with Crippen molar-refractivity contribution < 1.29 is 13.2 Å². The standard InChI is InChI=1S/C13H25F3N2/c1-10(2)6-7-17-8-11(3)18(12-4-5-12)9-13(14,15)16/h10-12,17H,4-9H2,1-3H3. The molecule has 1 fully saturated rings. The maximum Gasteiger partial charge on any atom is 0.401 e. The van der Waals surface area contributed by atoms with Crippen LogP contribution in [0.4, 0.5) is 13.2 Å². The second-order valence-corrected chi connectivity index (χ2v) is 5.75. The van der Waals surface area contributed by atoms with Crippen LogP contribution in [0, 0.1) is 5.92 Å². The molecule has 1 rings (SSSR count). The molecule has 0 aromatic heterocycles. The first-order chi connectivity index (χ1) is 8.29. The molecular formula is C13H25F3N2. The van der Waals surface area contributed by atoms with E-state index in [4.69, 9.17) is 0 Å². The number of hydrogen-bond acceptors (Lipinski definition) is 2. The first-order valence-electron chi connectivity index (χ1n) is 6.83. The van der Waals surface area contributed by atoms with Crippen molar-refractivity contribution in [2.24, 2.45) is 5.92 Å². The van der Waals surface area contributed by atoms with Crippen LogP contribution in [0.15, 0.2) is 0 Å². The number of alkyl halides is 3. The zero-order chi connectivity index (χ0) is 13.8. The molecule has 0 spiro atoms. The van der Waals surface area contributed by atoms with Crippen LogP contribution < -0.4 is 5.32 Å². The Morgan fingerprint density at radius 3 is 2.28 bits per heavy atom. The Balaban J connectivity index is 2.29. The minimum Gasteiger partial charge on any atom is -0.315 e. The molecule has 0 aliphatic heterocycles. The van der Waals surface area contributed by atoms with E-state index >= 15 is 0 Å². The summed E-state index contributed by atoms with van der Waals surface area (Å²) in [5.41, 5.74) is 0. The van der Waals surface area contributed by atoms with E-state index in [1.165, 1.54) is 0 Å². The van der Waals surface area contributed by atoms with Gasteiger partial charge in [0, 0.05) is 18.6 Å². The topological polar surface area (TPSA) is 15.3 Å². The Bertz CT molecular complexity index is 237. The van der Waals surface area contributed by atoms with Gasteiger partial charge in [-0.15, -0.1) is 0 Å². The molecule has 1 aliphatic carbocycles. The van der Waals surface area contributed by atoms with Crippen molar-refractivity contribution in [1.82, 2.24) is 10.2 Å². The molecule has 108 valence electrons. The third-order valence-electron chi connectivity index (χ3n) is 3.28. The van der Waals surface area contributed by atoms with E-state index in [1.807, 2.05) is 6.92 Å². The quantitative estimate of drug-likeness (QED) is 0.679. The molecule has 18 heavy (non-hydrogen) atoms. The lowest BCUT2D eigenvalue weighted by Gasteiger charge is -2.30. The van der Waals surface area contributed by atoms with Crippen LogP contribution in [0.5, 0.6) is 0 Å². The van der Waals surface area contributed by atoms with E-state index in [1.54, 1.807) is 4.90 Å². The summed E-state index contributed by atoms with van der Waals surface area (Å²) in [5, 5.41) is 3.26. The first kappa shape index (κ1) is 15.8. The van der Waals surface area contributed by atoms with Crippen molar-refractivity contribution in [3.8, 4) is 0 Å². The van der Waals surface area contributed by atoms with E-state index < -0.39 is 12.7 Å². The molecule has 0 saturated heterocycles. The molecule has 1 atom stereocenters. The molecule has 1 saturated carbocycles. The molecule has 1 aliphatic rings. The van der Waals surface area contributed by atoms with Gasteiger partial charge in [-0.05, 0) is 38.6 Å². The summed E-state index contributed by atoms with van der Waals surface area (Å²) in [6, 6.07) is 0.0970. The van der Waals surface area contributed by atoms with Crippen LogP contribution in [0.25, 0.3) is 0 Å². The molecular weight excluding hydrogens is 241 g/mol. The summed E-state index contributed by atoms with van der Waals surface area (Å²) in [4.78, 5) is 1.60. The third-order valence-corrected chi connectivity index (χ3v) is 3.28. The zero-order valence-corrected chi connectivity index (χ0v) is 11.6. The van der Waals surface area contributed by atoms with Gasteiger partial charge < -0.3 is 5.32 Å². The summed E-state index contributed by atoms with van der Waals surface area (Å²) in [6.45, 7) is 6.92. The van der Waals surface area contributed by atoms with Crippen LogP contribution in [-0.4, -0.2) is 42.8 Å². The fourth-order valence-electron chi connectivity index (χ4n) is 2.08. The average Bonchev–Trinajstić information content (AvgIpc) is 3.02. The van der Waals surface area contributed by atoms with Crippen LogP contribution >= 0.6 is 0 Å². The summed E-state index contributed by atoms with van der Waals surface area (Å²) >= 11 is 0. The number of hydrogen-bond donors (Lipinski definition) is 1. The van der Waals surface area contributed by atoms with Gasteiger partial charge in [0.05, 0.1) is 6.54 Å². The van der Waals surface area contributed by atoms with Crippen molar-refractivity contribution in [3.05, 3.63) is 0 Å². The van der Waals surface area contributed by atoms with Gasteiger partial charge >= 0.3 is 6.18 Å². The highest BCUT2D eigenvalue weighted by Gasteiger charge is 2.39. The van der Waals surface area contributed by atoms with Gasteiger partial charge in [0.1, 0.15) is 0 Å². The Morgan fingerprint density at radius 2 is 1.83 bits per heavy atom. The molecule has 0 heterocycles. The Morgan fingerprint density at radius 1 is 1.22 bits per heavy atom. The average molecular weight is 266 g/mol. The highest BCUT2D eigenvalue weighted by atomic mass is 19.4. The maximum absolute atomic E-state index is 12.5. The van der Waals surface area contributed by atoms with Gasteiger partial charge in [0.2, 0.25) is 0 Å². The van der Waals surface area contributed by atoms with Crippen LogP contribution in [0.1, 0.15) is 40.0 Å². The van der Waals surface area contributed by atoms with E-state index in [0.717, 1.165) is 25.8 Å². The van der Waals surface area contributed by atoms with Crippen molar-refractivity contribution in [3.63, 3.8) is 0 Å². The summed E-state index contributed by atoms with van der Waals surface area (Å²) in [6.07, 6.45) is -1.21. The number of halogens is 3. The molecule has 0 aromatic rings. The second-order valence-electron chi connectivity index (χ2n) is 5.75. The van der Waals surface area contributed by atoms with Gasteiger partial charge in [-0.2, -0.15) is 13.2 Å². The van der Waals surface area contributed by atoms with Crippen molar-refractivity contribution in [1.29, 1.82) is 0 Å². The normalized spacial score (nSPS) is 18.7. The number of rotatable bonds is 8. The van der Waals surface area contributed by atoms with Crippen LogP contribution in [-0.2, 0) is 0 Å². The first-order valence-corrected chi connectivity index (χ1v) is 6.83. The molecule has 0 bridgehead atoms. The molecule has 2 nitrogen and oxygen atoms in total. The highest BCUT2D eigenvalue weighted by Crippen LogP contribution is 2.31. The van der Waals surface area contributed by atoms with E-state index in [9.17, 15) is 13.2 Å². The SMILES string of the molecule is CC(C)CCNCC(C)N(CC(F)(F)F)C1CC1. The van der Waals surface area contributed by atoms with Crippen LogP contribution in [0.3, 0.4) is 0 Å². The lowest BCUT2D eigenvalue weighted by molar-refractivity contribution is -0.151. The van der Waals surface area contributed by atoms with E-state index in [2.05, 4.69) is 19.2 Å². The summed E-state index contributed by atoms with van der Waals surface area (Å²) < 4.78 is 37.5. The van der Waals surface area contributed by atoms with Crippen molar-refractivity contribution in [2.45, 2.75) is 58.3 Å². The Hall–Kier alpha value is -0.290. The number of nitrogens with one attached hydrogen (secondary N) is 1. The molecule has 5 heteroatoms. The fourth-order valence-corrected chi connectivity index (χ4v) is 2.08. The maximum atomic E-state index is 12.5. The predicted octanol–water partition coefficient (Wildman–Crippen LogP) is 3.04. The van der Waals surface area contributed by atoms with Crippen molar-refractivity contribution >= 4 is 0 Å². The molecule has 0 amide bonds. The van der Waals surface area contributed by atoms with Gasteiger partial charge in [0.25, 0.3) is 0 Å². The van der Waals surface area contributed by atoms with Crippen molar-refractivity contribution in [2.75, 3.05) is 19.6 Å². The Labute approximate surface area is 108 Å². The van der Waals surface area contributed by atoms with E-state index in [0.29, 0.717) is 12.5 Å². The highest BCUT2D eigenvalue weighted by molar-refractivity contribution is 4.89. The minimum absolute atomic E-state index is 0.0497. The lowest BCUT2D eigenvalue weighted by Crippen LogP contribution is -2.46. The summed E-state index contributed by atoms with van der Waals surface area (Å²) in [5.74, 6) is 0.627. The largest absolute Gasteiger partial charge is 0.401 e. The minimum atomic E-state index is -4.09. The van der Waals surface area contributed by atoms with Gasteiger partial charge in [-0.3, -0.25) is 4.90 Å². The number of nitrogens with zero attached hydrogens (tertiary/aromatic N) is 1. The Kier molecular flexibility index (Phi) is 5.92. The second kappa shape index (κ2) is 6.75. The smallest absolute Gasteiger partial charge is 0.315 e.